The summed E-state index contributed by atoms with van der Waals surface area (Å²) in [6.07, 6.45) is 59.1. The lowest BCUT2D eigenvalue weighted by atomic mass is 10.0. The van der Waals surface area contributed by atoms with Crippen LogP contribution in [0.25, 0.3) is 0 Å². The Kier molecular flexibility index (Phi) is 51.2. The predicted molar refractivity (Wildman–Crippen MR) is 270 cm³/mol. The van der Waals surface area contributed by atoms with E-state index in [4.69, 9.17) is 14.2 Å². The lowest BCUT2D eigenvalue weighted by Gasteiger charge is -2.18. The van der Waals surface area contributed by atoms with Crippen molar-refractivity contribution in [1.82, 2.24) is 0 Å². The highest BCUT2D eigenvalue weighted by atomic mass is 16.6. The first kappa shape index (κ1) is 61.1. The zero-order valence-corrected chi connectivity index (χ0v) is 42.6. The second-order valence-electron chi connectivity index (χ2n) is 19.2. The normalized spacial score (nSPS) is 12.0. The summed E-state index contributed by atoms with van der Waals surface area (Å²) in [5.74, 6) is -0.855. The van der Waals surface area contributed by atoms with Crippen molar-refractivity contribution < 1.29 is 28.6 Å². The second kappa shape index (κ2) is 52.8. The van der Waals surface area contributed by atoms with Crippen LogP contribution in [0.4, 0.5) is 0 Å². The average molecular weight is 889 g/mol. The van der Waals surface area contributed by atoms with Gasteiger partial charge in [-0.2, -0.15) is 0 Å². The van der Waals surface area contributed by atoms with Gasteiger partial charge in [-0.1, -0.05) is 264 Å². The molecule has 0 N–H and O–H groups in total. The molecule has 0 fully saturated rings. The van der Waals surface area contributed by atoms with Crippen LogP contribution in [0.1, 0.15) is 316 Å². The number of carbonyl (C=O) groups is 3. The summed E-state index contributed by atoms with van der Waals surface area (Å²) in [5.41, 5.74) is 0. The fraction of sp³-hybridized carbons (Fsp3) is 0.912. The van der Waals surface area contributed by atoms with E-state index in [1.165, 1.54) is 212 Å². The van der Waals surface area contributed by atoms with Gasteiger partial charge in [-0.05, 0) is 44.9 Å². The Balaban J connectivity index is 4.28. The highest BCUT2D eigenvalue weighted by molar-refractivity contribution is 5.71. The lowest BCUT2D eigenvalue weighted by Crippen LogP contribution is -2.30. The number of carbonyl (C=O) groups excluding carboxylic acids is 3. The maximum atomic E-state index is 12.8. The van der Waals surface area contributed by atoms with Crippen molar-refractivity contribution in [3.05, 3.63) is 12.2 Å². The van der Waals surface area contributed by atoms with E-state index in [0.29, 0.717) is 19.3 Å². The number of hydrogen-bond donors (Lipinski definition) is 0. The molecule has 0 amide bonds. The third kappa shape index (κ3) is 51.0. The van der Waals surface area contributed by atoms with E-state index in [1.807, 2.05) is 0 Å². The number of unbranched alkanes of at least 4 members (excludes halogenated alkanes) is 39. The van der Waals surface area contributed by atoms with E-state index in [0.717, 1.165) is 64.2 Å². The van der Waals surface area contributed by atoms with Gasteiger partial charge in [-0.15, -0.1) is 0 Å². The first-order valence-electron chi connectivity index (χ1n) is 28.2. The minimum absolute atomic E-state index is 0.0676. The standard InChI is InChI=1S/C57H108O6/c1-4-7-10-13-16-19-22-25-27-28-29-30-31-33-35-38-41-44-47-50-56(59)62-53-54(52-61-55(58)49-46-43-40-37-34-24-21-18-15-12-9-6-3)63-57(60)51-48-45-42-39-36-32-26-23-20-17-14-11-8-5-2/h23,26,54H,4-22,24-25,27-53H2,1-3H3/b26-23-. The molecule has 0 saturated carbocycles. The van der Waals surface area contributed by atoms with E-state index in [9.17, 15) is 14.4 Å². The molecular weight excluding hydrogens is 781 g/mol. The molecular formula is C57H108O6. The van der Waals surface area contributed by atoms with Crippen LogP contribution in [0.2, 0.25) is 0 Å². The van der Waals surface area contributed by atoms with Gasteiger partial charge in [0.2, 0.25) is 0 Å². The number of rotatable bonds is 52. The van der Waals surface area contributed by atoms with Gasteiger partial charge in [-0.25, -0.2) is 0 Å². The quantitative estimate of drug-likeness (QED) is 0.0262. The zero-order valence-electron chi connectivity index (χ0n) is 42.6. The molecule has 1 atom stereocenters. The summed E-state index contributed by atoms with van der Waals surface area (Å²) in [4.78, 5) is 38.0. The van der Waals surface area contributed by atoms with Gasteiger partial charge < -0.3 is 14.2 Å². The van der Waals surface area contributed by atoms with Crippen LogP contribution >= 0.6 is 0 Å². The fourth-order valence-corrected chi connectivity index (χ4v) is 8.50. The van der Waals surface area contributed by atoms with Gasteiger partial charge in [0.1, 0.15) is 13.2 Å². The third-order valence-electron chi connectivity index (χ3n) is 12.8. The average Bonchev–Trinajstić information content (AvgIpc) is 3.28. The molecule has 0 rings (SSSR count). The Morgan fingerprint density at radius 2 is 0.524 bits per heavy atom. The van der Waals surface area contributed by atoms with Gasteiger partial charge >= 0.3 is 17.9 Å². The monoisotopic (exact) mass is 889 g/mol. The van der Waals surface area contributed by atoms with Crippen LogP contribution in [-0.2, 0) is 28.6 Å². The summed E-state index contributed by atoms with van der Waals surface area (Å²) < 4.78 is 16.8. The Bertz CT molecular complexity index is 978. The maximum Gasteiger partial charge on any atom is 0.306 e. The molecule has 0 aliphatic rings. The van der Waals surface area contributed by atoms with Gasteiger partial charge in [-0.3, -0.25) is 14.4 Å². The van der Waals surface area contributed by atoms with Crippen molar-refractivity contribution >= 4 is 17.9 Å². The van der Waals surface area contributed by atoms with Gasteiger partial charge in [0.15, 0.2) is 6.10 Å². The van der Waals surface area contributed by atoms with Crippen LogP contribution in [0, 0.1) is 0 Å². The summed E-state index contributed by atoms with van der Waals surface area (Å²) in [5, 5.41) is 0. The minimum atomic E-state index is -0.768. The Morgan fingerprint density at radius 1 is 0.302 bits per heavy atom. The predicted octanol–water partition coefficient (Wildman–Crippen LogP) is 18.5. The topological polar surface area (TPSA) is 78.9 Å². The minimum Gasteiger partial charge on any atom is -0.462 e. The van der Waals surface area contributed by atoms with Crippen molar-refractivity contribution in [2.75, 3.05) is 13.2 Å². The first-order valence-corrected chi connectivity index (χ1v) is 28.2. The third-order valence-corrected chi connectivity index (χ3v) is 12.8. The molecule has 372 valence electrons. The lowest BCUT2D eigenvalue weighted by molar-refractivity contribution is -0.167. The van der Waals surface area contributed by atoms with Crippen LogP contribution < -0.4 is 0 Å². The Morgan fingerprint density at radius 3 is 0.794 bits per heavy atom. The van der Waals surface area contributed by atoms with E-state index in [-0.39, 0.29) is 31.1 Å². The van der Waals surface area contributed by atoms with Gasteiger partial charge in [0.25, 0.3) is 0 Å². The summed E-state index contributed by atoms with van der Waals surface area (Å²) in [6.45, 7) is 6.67. The number of hydrogen-bond acceptors (Lipinski definition) is 6. The van der Waals surface area contributed by atoms with Crippen molar-refractivity contribution in [3.8, 4) is 0 Å². The van der Waals surface area contributed by atoms with Crippen molar-refractivity contribution in [2.24, 2.45) is 0 Å². The molecule has 6 nitrogen and oxygen atoms in total. The molecule has 0 radical (unpaired) electrons. The SMILES string of the molecule is CCCCCCC/C=C\CCCCCCCC(=O)OC(COC(=O)CCCCCCCCCCCCCC)COC(=O)CCCCCCCCCCCCCCCCCCCCC. The van der Waals surface area contributed by atoms with Crippen LogP contribution in [-0.4, -0.2) is 37.2 Å². The number of ether oxygens (including phenoxy) is 3. The van der Waals surface area contributed by atoms with Crippen LogP contribution in [0.5, 0.6) is 0 Å². The molecule has 1 unspecified atom stereocenters. The smallest absolute Gasteiger partial charge is 0.306 e. The van der Waals surface area contributed by atoms with Crippen molar-refractivity contribution in [1.29, 1.82) is 0 Å². The molecule has 63 heavy (non-hydrogen) atoms. The Hall–Kier alpha value is -1.85. The molecule has 0 saturated heterocycles. The molecule has 0 spiro atoms. The molecule has 6 heteroatoms. The van der Waals surface area contributed by atoms with Crippen molar-refractivity contribution in [3.63, 3.8) is 0 Å². The molecule has 0 heterocycles. The van der Waals surface area contributed by atoms with E-state index < -0.39 is 6.10 Å². The molecule has 0 aliphatic carbocycles. The fourth-order valence-electron chi connectivity index (χ4n) is 8.50. The zero-order chi connectivity index (χ0) is 45.8. The van der Waals surface area contributed by atoms with Gasteiger partial charge in [0, 0.05) is 19.3 Å². The molecule has 0 aromatic heterocycles. The highest BCUT2D eigenvalue weighted by Gasteiger charge is 2.19. The van der Waals surface area contributed by atoms with E-state index in [2.05, 4.69) is 32.9 Å². The van der Waals surface area contributed by atoms with Crippen molar-refractivity contribution in [2.45, 2.75) is 322 Å². The molecule has 0 aliphatic heterocycles. The molecule has 0 aromatic carbocycles. The largest absolute Gasteiger partial charge is 0.462 e. The summed E-state index contributed by atoms with van der Waals surface area (Å²) in [7, 11) is 0. The van der Waals surface area contributed by atoms with E-state index >= 15 is 0 Å². The van der Waals surface area contributed by atoms with Crippen LogP contribution in [0.3, 0.4) is 0 Å². The summed E-state index contributed by atoms with van der Waals surface area (Å²) in [6, 6.07) is 0. The van der Waals surface area contributed by atoms with Gasteiger partial charge in [0.05, 0.1) is 0 Å². The molecule has 0 bridgehead atoms. The summed E-state index contributed by atoms with van der Waals surface area (Å²) >= 11 is 0. The maximum absolute atomic E-state index is 12.8. The van der Waals surface area contributed by atoms with E-state index in [1.54, 1.807) is 0 Å². The second-order valence-corrected chi connectivity index (χ2v) is 19.2. The first-order chi connectivity index (χ1) is 31.0. The Labute approximate surface area is 392 Å². The highest BCUT2D eigenvalue weighted by Crippen LogP contribution is 2.17. The number of allylic oxidation sites excluding steroid dienone is 2. The van der Waals surface area contributed by atoms with Crippen LogP contribution in [0.15, 0.2) is 12.2 Å². The number of esters is 3. The molecule has 0 aromatic rings.